The molecule has 176 valence electrons. The van der Waals surface area contributed by atoms with Crippen LogP contribution in [0.5, 0.6) is 0 Å². The Hall–Kier alpha value is -3.56. The lowest BCUT2D eigenvalue weighted by Gasteiger charge is -2.15. The van der Waals surface area contributed by atoms with Crippen LogP contribution in [0.1, 0.15) is 51.7 Å². The van der Waals surface area contributed by atoms with Crippen molar-refractivity contribution >= 4 is 23.5 Å². The second-order valence-corrected chi connectivity index (χ2v) is 6.11. The van der Waals surface area contributed by atoms with E-state index in [2.05, 4.69) is 33.8 Å². The SMILES string of the molecule is C=C.CC.CC.Cn1cc2c(nc1=O)NC(=O)CC2.Cn1cc2c(nc1=O)NC(=O)CC2. The van der Waals surface area contributed by atoms with Gasteiger partial charge in [-0.2, -0.15) is 9.97 Å². The van der Waals surface area contributed by atoms with E-state index in [1.54, 1.807) is 26.5 Å². The Morgan fingerprint density at radius 3 is 1.31 bits per heavy atom. The third-order valence-corrected chi connectivity index (χ3v) is 4.08. The molecule has 2 aliphatic heterocycles. The van der Waals surface area contributed by atoms with Crippen LogP contribution in [0.4, 0.5) is 11.6 Å². The highest BCUT2D eigenvalue weighted by Gasteiger charge is 2.17. The number of nitrogens with zero attached hydrogens (tertiary/aromatic N) is 4. The Balaban J connectivity index is 0.000000488. The number of carbonyl (C=O) groups is 2. The fraction of sp³-hybridized carbons (Fsp3) is 0.455. The van der Waals surface area contributed by atoms with Gasteiger partial charge in [0.15, 0.2) is 0 Å². The van der Waals surface area contributed by atoms with Crippen LogP contribution in [0.3, 0.4) is 0 Å². The Kier molecular flexibility index (Phi) is 12.8. The molecule has 10 nitrogen and oxygen atoms in total. The molecule has 0 fully saturated rings. The van der Waals surface area contributed by atoms with Gasteiger partial charge in [0.1, 0.15) is 11.6 Å². The number of hydrogen-bond donors (Lipinski definition) is 2. The highest BCUT2D eigenvalue weighted by atomic mass is 16.2. The first-order valence-electron chi connectivity index (χ1n) is 10.6. The predicted molar refractivity (Wildman–Crippen MR) is 127 cm³/mol. The molecule has 2 aliphatic rings. The number of aryl methyl sites for hydroxylation is 4. The summed E-state index contributed by atoms with van der Waals surface area (Å²) < 4.78 is 2.83. The number of rotatable bonds is 0. The molecule has 0 unspecified atom stereocenters. The Morgan fingerprint density at radius 2 is 1.00 bits per heavy atom. The van der Waals surface area contributed by atoms with E-state index in [0.29, 0.717) is 37.3 Å². The van der Waals surface area contributed by atoms with Gasteiger partial charge >= 0.3 is 11.4 Å². The second kappa shape index (κ2) is 14.4. The van der Waals surface area contributed by atoms with E-state index in [9.17, 15) is 19.2 Å². The van der Waals surface area contributed by atoms with Gasteiger partial charge in [-0.15, -0.1) is 13.2 Å². The monoisotopic (exact) mass is 446 g/mol. The van der Waals surface area contributed by atoms with Crippen LogP contribution in [0.2, 0.25) is 0 Å². The van der Waals surface area contributed by atoms with Crippen molar-refractivity contribution in [2.75, 3.05) is 10.6 Å². The Morgan fingerprint density at radius 1 is 0.688 bits per heavy atom. The van der Waals surface area contributed by atoms with Gasteiger partial charge in [0.2, 0.25) is 11.8 Å². The van der Waals surface area contributed by atoms with Gasteiger partial charge in [-0.05, 0) is 12.8 Å². The van der Waals surface area contributed by atoms with Crippen LogP contribution in [0, 0.1) is 0 Å². The first-order valence-corrected chi connectivity index (χ1v) is 10.6. The van der Waals surface area contributed by atoms with Crippen molar-refractivity contribution in [3.8, 4) is 0 Å². The van der Waals surface area contributed by atoms with E-state index in [-0.39, 0.29) is 23.2 Å². The van der Waals surface area contributed by atoms with Gasteiger partial charge in [-0.1, -0.05) is 27.7 Å². The Bertz CT molecular complexity index is 945. The number of carbonyl (C=O) groups excluding carboxylic acids is 2. The van der Waals surface area contributed by atoms with E-state index >= 15 is 0 Å². The van der Waals surface area contributed by atoms with Gasteiger partial charge in [-0.25, -0.2) is 9.59 Å². The molecular formula is C22H34N6O4. The maximum absolute atomic E-state index is 11.1. The number of nitrogens with one attached hydrogen (secondary N) is 2. The first-order chi connectivity index (χ1) is 15.3. The molecule has 0 spiro atoms. The maximum Gasteiger partial charge on any atom is 0.349 e. The summed E-state index contributed by atoms with van der Waals surface area (Å²) in [6.07, 6.45) is 5.67. The van der Waals surface area contributed by atoms with E-state index < -0.39 is 0 Å². The molecule has 10 heteroatoms. The smallest absolute Gasteiger partial charge is 0.310 e. The molecule has 2 N–H and O–H groups in total. The molecule has 32 heavy (non-hydrogen) atoms. The summed E-state index contributed by atoms with van der Waals surface area (Å²) in [5.74, 6) is 0.681. The molecule has 2 amide bonds. The largest absolute Gasteiger partial charge is 0.349 e. The van der Waals surface area contributed by atoms with E-state index in [4.69, 9.17) is 0 Å². The topological polar surface area (TPSA) is 128 Å². The van der Waals surface area contributed by atoms with Gasteiger partial charge in [0.25, 0.3) is 0 Å². The molecule has 0 saturated carbocycles. The molecule has 0 saturated heterocycles. The van der Waals surface area contributed by atoms with Gasteiger partial charge < -0.3 is 19.8 Å². The molecular weight excluding hydrogens is 412 g/mol. The van der Waals surface area contributed by atoms with Crippen LogP contribution in [-0.4, -0.2) is 30.9 Å². The molecule has 4 heterocycles. The molecule has 0 aromatic carbocycles. The van der Waals surface area contributed by atoms with Crippen molar-refractivity contribution in [1.29, 1.82) is 0 Å². The highest BCUT2D eigenvalue weighted by molar-refractivity contribution is 5.93. The maximum atomic E-state index is 11.1. The van der Waals surface area contributed by atoms with Gasteiger partial charge in [-0.3, -0.25) is 9.59 Å². The lowest BCUT2D eigenvalue weighted by molar-refractivity contribution is -0.117. The van der Waals surface area contributed by atoms with Crippen molar-refractivity contribution < 1.29 is 9.59 Å². The van der Waals surface area contributed by atoms with Gasteiger partial charge in [0, 0.05) is 50.5 Å². The molecule has 2 aromatic heterocycles. The van der Waals surface area contributed by atoms with E-state index in [1.165, 1.54) is 9.13 Å². The summed E-state index contributed by atoms with van der Waals surface area (Å²) in [6.45, 7) is 14.0. The van der Waals surface area contributed by atoms with Crippen LogP contribution in [0.15, 0.2) is 35.1 Å². The van der Waals surface area contributed by atoms with Crippen LogP contribution in [0.25, 0.3) is 0 Å². The number of aromatic nitrogens is 4. The third-order valence-electron chi connectivity index (χ3n) is 4.08. The van der Waals surface area contributed by atoms with Crippen molar-refractivity contribution in [3.63, 3.8) is 0 Å². The minimum Gasteiger partial charge on any atom is -0.310 e. The van der Waals surface area contributed by atoms with Crippen LogP contribution < -0.4 is 22.0 Å². The molecule has 0 aliphatic carbocycles. The normalized spacial score (nSPS) is 12.7. The number of fused-ring (bicyclic) bond motifs is 2. The molecule has 4 rings (SSSR count). The number of amides is 2. The quantitative estimate of drug-likeness (QED) is 0.597. The Labute approximate surface area is 188 Å². The highest BCUT2D eigenvalue weighted by Crippen LogP contribution is 2.17. The minimum absolute atomic E-state index is 0.0757. The fourth-order valence-electron chi connectivity index (χ4n) is 2.66. The van der Waals surface area contributed by atoms with E-state index in [1.807, 2.05) is 27.7 Å². The zero-order valence-corrected chi connectivity index (χ0v) is 19.8. The summed E-state index contributed by atoms with van der Waals surface area (Å²) in [5.41, 5.74) is 1.14. The van der Waals surface area contributed by atoms with Gasteiger partial charge in [0.05, 0.1) is 0 Å². The summed E-state index contributed by atoms with van der Waals surface area (Å²) in [4.78, 5) is 51.6. The zero-order valence-electron chi connectivity index (χ0n) is 19.8. The summed E-state index contributed by atoms with van der Waals surface area (Å²) in [5, 5.41) is 5.13. The standard InChI is InChI=1S/2C8H9N3O2.2C2H6.C2H4/c2*1-11-4-5-2-3-6(12)9-7(5)10-8(11)13;3*1-2/h2*4H,2-3H2,1H3,(H,9,10,12,13);2*1-2H3;1-2H2. The minimum atomic E-state index is -0.346. The predicted octanol–water partition coefficient (Wildman–Crippen LogP) is 2.18. The molecule has 2 aromatic rings. The van der Waals surface area contributed by atoms with Crippen molar-refractivity contribution in [1.82, 2.24) is 19.1 Å². The summed E-state index contributed by atoms with van der Waals surface area (Å²) in [7, 11) is 3.29. The van der Waals surface area contributed by atoms with Crippen molar-refractivity contribution in [2.45, 2.75) is 53.4 Å². The van der Waals surface area contributed by atoms with E-state index in [0.717, 1.165) is 11.1 Å². The number of anilines is 2. The molecule has 0 bridgehead atoms. The average molecular weight is 447 g/mol. The van der Waals surface area contributed by atoms with Crippen LogP contribution in [-0.2, 0) is 36.5 Å². The molecule has 0 atom stereocenters. The van der Waals surface area contributed by atoms with Crippen molar-refractivity contribution in [2.24, 2.45) is 14.1 Å². The first kappa shape index (κ1) is 28.4. The van der Waals surface area contributed by atoms with Crippen molar-refractivity contribution in [3.05, 3.63) is 57.6 Å². The summed E-state index contributed by atoms with van der Waals surface area (Å²) >= 11 is 0. The average Bonchev–Trinajstić information content (AvgIpc) is 2.80. The second-order valence-electron chi connectivity index (χ2n) is 6.11. The third kappa shape index (κ3) is 7.93. The lowest BCUT2D eigenvalue weighted by Crippen LogP contribution is -2.27. The molecule has 0 radical (unpaired) electrons. The number of hydrogen-bond acceptors (Lipinski definition) is 6. The summed E-state index contributed by atoms with van der Waals surface area (Å²) in [6, 6.07) is 0. The fourth-order valence-corrected chi connectivity index (χ4v) is 2.66. The lowest BCUT2D eigenvalue weighted by atomic mass is 10.1. The zero-order chi connectivity index (χ0) is 24.8. The van der Waals surface area contributed by atoms with Crippen LogP contribution >= 0.6 is 0 Å².